The molecule has 0 bridgehead atoms. The zero-order valence-electron chi connectivity index (χ0n) is 11.9. The molecule has 0 aliphatic rings. The fourth-order valence-corrected chi connectivity index (χ4v) is 2.02. The van der Waals surface area contributed by atoms with Crippen molar-refractivity contribution < 1.29 is 8.81 Å². The van der Waals surface area contributed by atoms with E-state index in [0.29, 0.717) is 11.5 Å². The molecule has 5 heteroatoms. The molecule has 0 aliphatic heterocycles. The first kappa shape index (κ1) is 14.7. The lowest BCUT2D eigenvalue weighted by Gasteiger charge is -2.14. The number of oxazole rings is 1. The van der Waals surface area contributed by atoms with Crippen molar-refractivity contribution in [1.82, 2.24) is 15.2 Å². The minimum Gasteiger partial charge on any atom is -0.444 e. The van der Waals surface area contributed by atoms with Gasteiger partial charge < -0.3 is 14.6 Å². The van der Waals surface area contributed by atoms with E-state index in [9.17, 15) is 4.39 Å². The lowest BCUT2D eigenvalue weighted by Crippen LogP contribution is -2.22. The molecule has 1 aromatic carbocycles. The number of benzene rings is 1. The normalized spacial score (nSPS) is 11.2. The zero-order valence-corrected chi connectivity index (χ0v) is 11.9. The fourth-order valence-electron chi connectivity index (χ4n) is 2.02. The van der Waals surface area contributed by atoms with Crippen LogP contribution in [0, 0.1) is 5.82 Å². The van der Waals surface area contributed by atoms with Gasteiger partial charge in [0.2, 0.25) is 5.89 Å². The van der Waals surface area contributed by atoms with E-state index >= 15 is 0 Å². The lowest BCUT2D eigenvalue weighted by molar-refractivity contribution is 0.317. The predicted molar refractivity (Wildman–Crippen MR) is 76.8 cm³/mol. The molecule has 1 N–H and O–H groups in total. The largest absolute Gasteiger partial charge is 0.444 e. The highest BCUT2D eigenvalue weighted by Crippen LogP contribution is 2.19. The van der Waals surface area contributed by atoms with Gasteiger partial charge in [-0.05, 0) is 51.8 Å². The molecular formula is C15H20FN3O. The molecule has 0 saturated heterocycles. The van der Waals surface area contributed by atoms with Crippen LogP contribution in [0.15, 0.2) is 34.9 Å². The Kier molecular flexibility index (Phi) is 5.26. The highest BCUT2D eigenvalue weighted by atomic mass is 19.1. The van der Waals surface area contributed by atoms with Crippen LogP contribution in [0.1, 0.15) is 12.1 Å². The second kappa shape index (κ2) is 7.17. The molecule has 0 radical (unpaired) electrons. The molecule has 1 heterocycles. The summed E-state index contributed by atoms with van der Waals surface area (Å²) < 4.78 is 18.6. The lowest BCUT2D eigenvalue weighted by atomic mass is 10.2. The maximum atomic E-state index is 13.2. The van der Waals surface area contributed by atoms with Gasteiger partial charge in [-0.2, -0.15) is 0 Å². The van der Waals surface area contributed by atoms with Crippen molar-refractivity contribution in [2.75, 3.05) is 27.2 Å². The number of nitrogens with one attached hydrogen (secondary N) is 1. The summed E-state index contributed by atoms with van der Waals surface area (Å²) in [6.45, 7) is 2.71. The smallest absolute Gasteiger partial charge is 0.226 e. The molecule has 1 aromatic heterocycles. The second-order valence-corrected chi connectivity index (χ2v) is 4.85. The van der Waals surface area contributed by atoms with Crippen molar-refractivity contribution in [2.45, 2.75) is 13.0 Å². The van der Waals surface area contributed by atoms with Gasteiger partial charge in [-0.3, -0.25) is 0 Å². The van der Waals surface area contributed by atoms with E-state index in [1.807, 2.05) is 14.1 Å². The third-order valence-electron chi connectivity index (χ3n) is 3.02. The average Bonchev–Trinajstić information content (AvgIpc) is 2.87. The van der Waals surface area contributed by atoms with E-state index in [0.717, 1.165) is 31.7 Å². The second-order valence-electron chi connectivity index (χ2n) is 4.85. The van der Waals surface area contributed by atoms with Gasteiger partial charge in [0.25, 0.3) is 0 Å². The molecule has 0 atom stereocenters. The summed E-state index contributed by atoms with van der Waals surface area (Å²) in [7, 11) is 4.00. The van der Waals surface area contributed by atoms with Gasteiger partial charge in [0.05, 0.1) is 5.69 Å². The summed E-state index contributed by atoms with van der Waals surface area (Å²) in [6, 6.07) is 6.27. The molecule has 20 heavy (non-hydrogen) atoms. The SMILES string of the molecule is CNCCCN(C)Cc1coc(-c2cccc(F)c2)n1. The Hall–Kier alpha value is -1.72. The van der Waals surface area contributed by atoms with E-state index in [1.54, 1.807) is 18.4 Å². The molecule has 0 spiro atoms. The van der Waals surface area contributed by atoms with Crippen LogP contribution in [0.25, 0.3) is 11.5 Å². The third kappa shape index (κ3) is 4.15. The first-order valence-electron chi connectivity index (χ1n) is 6.72. The molecule has 2 aromatic rings. The molecule has 0 unspecified atom stereocenters. The fraction of sp³-hybridized carbons (Fsp3) is 0.400. The van der Waals surface area contributed by atoms with Gasteiger partial charge in [0, 0.05) is 12.1 Å². The summed E-state index contributed by atoms with van der Waals surface area (Å²) in [5, 5.41) is 3.12. The number of halogens is 1. The van der Waals surface area contributed by atoms with Crippen molar-refractivity contribution in [3.63, 3.8) is 0 Å². The van der Waals surface area contributed by atoms with Crippen LogP contribution in [-0.2, 0) is 6.54 Å². The molecule has 108 valence electrons. The van der Waals surface area contributed by atoms with Crippen LogP contribution in [-0.4, -0.2) is 37.1 Å². The van der Waals surface area contributed by atoms with Gasteiger partial charge in [0.1, 0.15) is 12.1 Å². The van der Waals surface area contributed by atoms with Gasteiger partial charge in [-0.1, -0.05) is 6.07 Å². The average molecular weight is 277 g/mol. The van der Waals surface area contributed by atoms with E-state index in [4.69, 9.17) is 4.42 Å². The first-order valence-corrected chi connectivity index (χ1v) is 6.72. The number of nitrogens with zero attached hydrogens (tertiary/aromatic N) is 2. The molecule has 4 nitrogen and oxygen atoms in total. The summed E-state index contributed by atoms with van der Waals surface area (Å²) in [4.78, 5) is 6.58. The van der Waals surface area contributed by atoms with E-state index in [-0.39, 0.29) is 5.82 Å². The summed E-state index contributed by atoms with van der Waals surface area (Å²) in [6.07, 6.45) is 2.72. The van der Waals surface area contributed by atoms with Crippen molar-refractivity contribution >= 4 is 0 Å². The first-order chi connectivity index (χ1) is 9.69. The number of aromatic nitrogens is 1. The van der Waals surface area contributed by atoms with Gasteiger partial charge in [-0.25, -0.2) is 9.37 Å². The van der Waals surface area contributed by atoms with Crippen LogP contribution >= 0.6 is 0 Å². The van der Waals surface area contributed by atoms with Crippen molar-refractivity contribution in [3.8, 4) is 11.5 Å². The Labute approximate surface area is 118 Å². The maximum Gasteiger partial charge on any atom is 0.226 e. The van der Waals surface area contributed by atoms with Crippen LogP contribution in [0.5, 0.6) is 0 Å². The van der Waals surface area contributed by atoms with Crippen LogP contribution in [0.3, 0.4) is 0 Å². The Morgan fingerprint density at radius 2 is 2.25 bits per heavy atom. The minimum absolute atomic E-state index is 0.286. The quantitative estimate of drug-likeness (QED) is 0.790. The number of hydrogen-bond acceptors (Lipinski definition) is 4. The molecule has 0 fully saturated rings. The Morgan fingerprint density at radius 3 is 3.00 bits per heavy atom. The van der Waals surface area contributed by atoms with Crippen LogP contribution in [0.4, 0.5) is 4.39 Å². The Balaban J connectivity index is 1.95. The Bertz CT molecular complexity index is 541. The summed E-state index contributed by atoms with van der Waals surface area (Å²) >= 11 is 0. The summed E-state index contributed by atoms with van der Waals surface area (Å²) in [5.41, 5.74) is 1.52. The summed E-state index contributed by atoms with van der Waals surface area (Å²) in [5.74, 6) is 0.176. The number of rotatable bonds is 7. The van der Waals surface area contributed by atoms with Crippen molar-refractivity contribution in [2.24, 2.45) is 0 Å². The van der Waals surface area contributed by atoms with E-state index in [2.05, 4.69) is 15.2 Å². The molecule has 0 amide bonds. The highest BCUT2D eigenvalue weighted by molar-refractivity contribution is 5.52. The van der Waals surface area contributed by atoms with Crippen LogP contribution in [0.2, 0.25) is 0 Å². The van der Waals surface area contributed by atoms with Gasteiger partial charge in [0.15, 0.2) is 0 Å². The third-order valence-corrected chi connectivity index (χ3v) is 3.02. The van der Waals surface area contributed by atoms with E-state index < -0.39 is 0 Å². The van der Waals surface area contributed by atoms with Crippen molar-refractivity contribution in [3.05, 3.63) is 42.0 Å². The molecule has 0 saturated carbocycles. The molecule has 2 rings (SSSR count). The van der Waals surface area contributed by atoms with Crippen molar-refractivity contribution in [1.29, 1.82) is 0 Å². The predicted octanol–water partition coefficient (Wildman–Crippen LogP) is 2.52. The highest BCUT2D eigenvalue weighted by Gasteiger charge is 2.09. The standard InChI is InChI=1S/C15H20FN3O/c1-17-7-4-8-19(2)10-14-11-20-15(18-14)12-5-3-6-13(16)9-12/h3,5-6,9,11,17H,4,7-8,10H2,1-2H3. The van der Waals surface area contributed by atoms with Gasteiger partial charge in [-0.15, -0.1) is 0 Å². The molecule has 0 aliphatic carbocycles. The van der Waals surface area contributed by atoms with Gasteiger partial charge >= 0.3 is 0 Å². The van der Waals surface area contributed by atoms with Crippen LogP contribution < -0.4 is 5.32 Å². The Morgan fingerprint density at radius 1 is 1.40 bits per heavy atom. The molecular weight excluding hydrogens is 257 g/mol. The number of hydrogen-bond donors (Lipinski definition) is 1. The van der Waals surface area contributed by atoms with E-state index in [1.165, 1.54) is 12.1 Å². The monoisotopic (exact) mass is 277 g/mol. The maximum absolute atomic E-state index is 13.2. The topological polar surface area (TPSA) is 41.3 Å². The zero-order chi connectivity index (χ0) is 14.4. The minimum atomic E-state index is -0.286.